The largest absolute Gasteiger partial charge is 0.0882 e. The molecular formula is C14H20. The van der Waals surface area contributed by atoms with Gasteiger partial charge in [0.05, 0.1) is 0 Å². The van der Waals surface area contributed by atoms with Gasteiger partial charge in [0, 0.05) is 0 Å². The molecule has 0 aliphatic heterocycles. The van der Waals surface area contributed by atoms with Gasteiger partial charge in [-0.15, -0.1) is 0 Å². The van der Waals surface area contributed by atoms with Crippen molar-refractivity contribution in [2.75, 3.05) is 0 Å². The van der Waals surface area contributed by atoms with Crippen molar-refractivity contribution in [3.8, 4) is 0 Å². The van der Waals surface area contributed by atoms with Crippen LogP contribution in [0.4, 0.5) is 0 Å². The van der Waals surface area contributed by atoms with Gasteiger partial charge in [0.2, 0.25) is 0 Å². The van der Waals surface area contributed by atoms with Crippen LogP contribution in [0.1, 0.15) is 39.0 Å². The summed E-state index contributed by atoms with van der Waals surface area (Å²) < 4.78 is 0. The zero-order valence-electron chi connectivity index (χ0n) is 9.08. The smallest absolute Gasteiger partial charge is 0.0163 e. The highest BCUT2D eigenvalue weighted by molar-refractivity contribution is 5.15. The van der Waals surface area contributed by atoms with Crippen LogP contribution in [0, 0.1) is 11.8 Å². The van der Waals surface area contributed by atoms with Gasteiger partial charge in [0.1, 0.15) is 0 Å². The fraction of sp³-hybridized carbons (Fsp3) is 0.571. The molecule has 0 radical (unpaired) electrons. The maximum absolute atomic E-state index is 2.34. The standard InChI is InChI=1S/C9H14.C5H6/c1-2-8-5-7-3-4-9(8)6-7;1-2-4-5-3-1/h2,7,9H,3-6H2,1H3;1-4H,5H2. The van der Waals surface area contributed by atoms with E-state index in [1.54, 1.807) is 5.57 Å². The minimum atomic E-state index is 1.01. The van der Waals surface area contributed by atoms with Crippen LogP contribution in [0.25, 0.3) is 0 Å². The zero-order chi connectivity index (χ0) is 9.80. The summed E-state index contributed by atoms with van der Waals surface area (Å²) >= 11 is 0. The zero-order valence-corrected chi connectivity index (χ0v) is 9.08. The first-order valence-corrected chi connectivity index (χ1v) is 5.87. The third kappa shape index (κ3) is 2.17. The minimum Gasteiger partial charge on any atom is -0.0882 e. The van der Waals surface area contributed by atoms with Crippen molar-refractivity contribution in [2.45, 2.75) is 39.0 Å². The Balaban J connectivity index is 0.000000128. The molecule has 2 fully saturated rings. The number of rotatable bonds is 0. The number of allylic oxidation sites excluding steroid dienone is 6. The molecule has 76 valence electrons. The SMILES string of the molecule is C1=CCC=C1.CC=C1CC2CCC1C2. The number of fused-ring (bicyclic) bond motifs is 2. The van der Waals surface area contributed by atoms with E-state index < -0.39 is 0 Å². The highest BCUT2D eigenvalue weighted by atomic mass is 14.4. The molecule has 3 aliphatic carbocycles. The predicted octanol–water partition coefficient (Wildman–Crippen LogP) is 4.26. The lowest BCUT2D eigenvalue weighted by Crippen LogP contribution is -1.96. The maximum Gasteiger partial charge on any atom is -0.0163 e. The molecule has 0 saturated heterocycles. The van der Waals surface area contributed by atoms with Gasteiger partial charge in [-0.25, -0.2) is 0 Å². The van der Waals surface area contributed by atoms with Crippen LogP contribution < -0.4 is 0 Å². The summed E-state index contributed by atoms with van der Waals surface area (Å²) in [4.78, 5) is 0. The number of hydrogen-bond acceptors (Lipinski definition) is 0. The van der Waals surface area contributed by atoms with E-state index in [9.17, 15) is 0 Å². The molecule has 2 atom stereocenters. The summed E-state index contributed by atoms with van der Waals surface area (Å²) in [5.74, 6) is 2.10. The van der Waals surface area contributed by atoms with Crippen molar-refractivity contribution in [1.82, 2.24) is 0 Å². The highest BCUT2D eigenvalue weighted by Crippen LogP contribution is 2.47. The molecule has 0 nitrogen and oxygen atoms in total. The Labute approximate surface area is 87.4 Å². The van der Waals surface area contributed by atoms with Crippen molar-refractivity contribution >= 4 is 0 Å². The molecule has 0 N–H and O–H groups in total. The van der Waals surface area contributed by atoms with Crippen molar-refractivity contribution < 1.29 is 0 Å². The molecule has 2 unspecified atom stereocenters. The number of hydrogen-bond donors (Lipinski definition) is 0. The Bertz CT molecular complexity index is 258. The van der Waals surface area contributed by atoms with Crippen LogP contribution in [0.5, 0.6) is 0 Å². The Morgan fingerprint density at radius 1 is 1.21 bits per heavy atom. The third-order valence-electron chi connectivity index (χ3n) is 3.62. The van der Waals surface area contributed by atoms with E-state index >= 15 is 0 Å². The van der Waals surface area contributed by atoms with Crippen LogP contribution >= 0.6 is 0 Å². The van der Waals surface area contributed by atoms with E-state index in [1.807, 2.05) is 0 Å². The van der Waals surface area contributed by atoms with Crippen LogP contribution in [0.2, 0.25) is 0 Å². The van der Waals surface area contributed by atoms with Gasteiger partial charge in [-0.2, -0.15) is 0 Å². The Morgan fingerprint density at radius 2 is 2.00 bits per heavy atom. The highest BCUT2D eigenvalue weighted by Gasteiger charge is 2.34. The van der Waals surface area contributed by atoms with Gasteiger partial charge >= 0.3 is 0 Å². The fourth-order valence-corrected chi connectivity index (χ4v) is 2.84. The van der Waals surface area contributed by atoms with Gasteiger partial charge in [0.15, 0.2) is 0 Å². The first kappa shape index (κ1) is 9.76. The van der Waals surface area contributed by atoms with E-state index in [-0.39, 0.29) is 0 Å². The summed E-state index contributed by atoms with van der Waals surface area (Å²) in [5, 5.41) is 0. The quantitative estimate of drug-likeness (QED) is 0.498. The molecule has 2 bridgehead atoms. The Kier molecular flexibility index (Phi) is 3.23. The van der Waals surface area contributed by atoms with Crippen LogP contribution in [0.3, 0.4) is 0 Å². The first-order valence-electron chi connectivity index (χ1n) is 5.87. The average molecular weight is 188 g/mol. The summed E-state index contributed by atoms with van der Waals surface area (Å²) in [6.07, 6.45) is 17.8. The predicted molar refractivity (Wildman–Crippen MR) is 62.1 cm³/mol. The lowest BCUT2D eigenvalue weighted by atomic mass is 9.95. The molecule has 0 aromatic rings. The summed E-state index contributed by atoms with van der Waals surface area (Å²) in [6, 6.07) is 0. The molecule has 0 spiro atoms. The van der Waals surface area contributed by atoms with Gasteiger partial charge < -0.3 is 0 Å². The second kappa shape index (κ2) is 4.63. The van der Waals surface area contributed by atoms with E-state index in [2.05, 4.69) is 37.3 Å². The van der Waals surface area contributed by atoms with Crippen LogP contribution in [-0.2, 0) is 0 Å². The molecule has 0 aromatic carbocycles. The Hall–Kier alpha value is -0.780. The monoisotopic (exact) mass is 188 g/mol. The second-order valence-corrected chi connectivity index (χ2v) is 4.54. The van der Waals surface area contributed by atoms with Gasteiger partial charge in [-0.1, -0.05) is 36.0 Å². The van der Waals surface area contributed by atoms with Gasteiger partial charge in [-0.05, 0) is 50.9 Å². The van der Waals surface area contributed by atoms with Crippen molar-refractivity contribution in [1.29, 1.82) is 0 Å². The maximum atomic E-state index is 2.34. The van der Waals surface area contributed by atoms with Crippen molar-refractivity contribution in [2.24, 2.45) is 11.8 Å². The van der Waals surface area contributed by atoms with Crippen molar-refractivity contribution in [3.63, 3.8) is 0 Å². The van der Waals surface area contributed by atoms with Crippen LogP contribution in [0.15, 0.2) is 36.0 Å². The summed E-state index contributed by atoms with van der Waals surface area (Å²) in [6.45, 7) is 2.19. The van der Waals surface area contributed by atoms with E-state index in [0.717, 1.165) is 18.3 Å². The van der Waals surface area contributed by atoms with E-state index in [0.29, 0.717) is 0 Å². The van der Waals surface area contributed by atoms with E-state index in [1.165, 1.54) is 25.7 Å². The second-order valence-electron chi connectivity index (χ2n) is 4.54. The molecule has 3 rings (SSSR count). The topological polar surface area (TPSA) is 0 Å². The normalized spacial score (nSPS) is 35.1. The molecule has 3 aliphatic rings. The molecule has 0 heterocycles. The molecule has 2 saturated carbocycles. The van der Waals surface area contributed by atoms with E-state index in [4.69, 9.17) is 0 Å². The minimum absolute atomic E-state index is 1.01. The molecular weight excluding hydrogens is 168 g/mol. The van der Waals surface area contributed by atoms with Crippen LogP contribution in [-0.4, -0.2) is 0 Å². The van der Waals surface area contributed by atoms with Gasteiger partial charge in [0.25, 0.3) is 0 Å². The first-order chi connectivity index (χ1) is 6.90. The fourth-order valence-electron chi connectivity index (χ4n) is 2.84. The lowest BCUT2D eigenvalue weighted by molar-refractivity contribution is 0.560. The molecule has 14 heavy (non-hydrogen) atoms. The summed E-state index contributed by atoms with van der Waals surface area (Å²) in [5.41, 5.74) is 1.76. The average Bonchev–Trinajstić information content (AvgIpc) is 2.96. The van der Waals surface area contributed by atoms with Gasteiger partial charge in [-0.3, -0.25) is 0 Å². The third-order valence-corrected chi connectivity index (χ3v) is 3.62. The molecule has 0 aromatic heterocycles. The lowest BCUT2D eigenvalue weighted by Gasteiger charge is -2.11. The summed E-state index contributed by atoms with van der Waals surface area (Å²) in [7, 11) is 0. The van der Waals surface area contributed by atoms with Crippen molar-refractivity contribution in [3.05, 3.63) is 36.0 Å². The molecule has 0 heteroatoms. The Morgan fingerprint density at radius 3 is 2.29 bits per heavy atom. The molecule has 0 amide bonds.